The number of hydrogen-bond donors (Lipinski definition) is 3. The van der Waals surface area contributed by atoms with Gasteiger partial charge in [-0.05, 0) is 31.9 Å². The van der Waals surface area contributed by atoms with Crippen molar-refractivity contribution >= 4 is 15.7 Å². The lowest BCUT2D eigenvalue weighted by atomic mass is 10.2. The molecule has 1 aromatic rings. The molecule has 1 atom stereocenters. The van der Waals surface area contributed by atoms with Crippen LogP contribution in [0.15, 0.2) is 17.0 Å². The van der Waals surface area contributed by atoms with E-state index < -0.39 is 21.9 Å². The average molecular weight is 306 g/mol. The van der Waals surface area contributed by atoms with Crippen LogP contribution in [0, 0.1) is 5.82 Å². The summed E-state index contributed by atoms with van der Waals surface area (Å²) in [6.07, 6.45) is 0.459. The van der Waals surface area contributed by atoms with E-state index in [1.54, 1.807) is 6.92 Å². The molecule has 0 spiro atoms. The van der Waals surface area contributed by atoms with Gasteiger partial charge in [0.2, 0.25) is 10.0 Å². The molecule has 4 N–H and O–H groups in total. The number of rotatable bonds is 7. The number of nitrogens with one attached hydrogen (secondary N) is 1. The molecule has 8 heteroatoms. The van der Waals surface area contributed by atoms with Gasteiger partial charge < -0.3 is 15.6 Å². The topological polar surface area (TPSA) is 102 Å². The SMILES string of the molecule is COc1c(N)cc(S(=O)(=O)NCCCC(C)O)cc1F. The van der Waals surface area contributed by atoms with Gasteiger partial charge in [-0.2, -0.15) is 0 Å². The van der Waals surface area contributed by atoms with Gasteiger partial charge in [0.25, 0.3) is 0 Å². The Kier molecular flexibility index (Phi) is 5.73. The number of ether oxygens (including phenoxy) is 1. The second-order valence-electron chi connectivity index (χ2n) is 4.42. The minimum absolute atomic E-state index is 0.0862. The quantitative estimate of drug-likeness (QED) is 0.512. The van der Waals surface area contributed by atoms with E-state index in [1.165, 1.54) is 7.11 Å². The van der Waals surface area contributed by atoms with Crippen molar-refractivity contribution in [3.05, 3.63) is 17.9 Å². The molecule has 0 heterocycles. The molecular weight excluding hydrogens is 287 g/mol. The van der Waals surface area contributed by atoms with Crippen LogP contribution < -0.4 is 15.2 Å². The molecule has 0 aliphatic carbocycles. The van der Waals surface area contributed by atoms with E-state index in [-0.39, 0.29) is 22.9 Å². The van der Waals surface area contributed by atoms with Gasteiger partial charge in [-0.25, -0.2) is 17.5 Å². The Bertz CT molecular complexity index is 538. The highest BCUT2D eigenvalue weighted by atomic mass is 32.2. The average Bonchev–Trinajstić information content (AvgIpc) is 2.34. The van der Waals surface area contributed by atoms with Gasteiger partial charge in [0.05, 0.1) is 23.8 Å². The van der Waals surface area contributed by atoms with Crippen molar-refractivity contribution in [1.29, 1.82) is 0 Å². The van der Waals surface area contributed by atoms with Crippen LogP contribution in [0.1, 0.15) is 19.8 Å². The molecular formula is C12H19FN2O4S. The highest BCUT2D eigenvalue weighted by Crippen LogP contribution is 2.28. The Labute approximate surface area is 117 Å². The molecule has 1 rings (SSSR count). The zero-order valence-electron chi connectivity index (χ0n) is 11.4. The van der Waals surface area contributed by atoms with Crippen LogP contribution in [0.2, 0.25) is 0 Å². The minimum Gasteiger partial charge on any atom is -0.492 e. The van der Waals surface area contributed by atoms with Crippen LogP contribution >= 0.6 is 0 Å². The normalized spacial score (nSPS) is 13.2. The van der Waals surface area contributed by atoms with Gasteiger partial charge >= 0.3 is 0 Å². The van der Waals surface area contributed by atoms with Gasteiger partial charge in [0, 0.05) is 6.54 Å². The maximum atomic E-state index is 13.6. The molecule has 0 saturated carbocycles. The zero-order chi connectivity index (χ0) is 15.3. The van der Waals surface area contributed by atoms with Crippen molar-refractivity contribution in [2.75, 3.05) is 19.4 Å². The van der Waals surface area contributed by atoms with Crippen molar-refractivity contribution in [3.8, 4) is 5.75 Å². The van der Waals surface area contributed by atoms with Crippen molar-refractivity contribution in [1.82, 2.24) is 4.72 Å². The zero-order valence-corrected chi connectivity index (χ0v) is 12.2. The fourth-order valence-electron chi connectivity index (χ4n) is 1.65. The lowest BCUT2D eigenvalue weighted by Crippen LogP contribution is -2.25. The summed E-state index contributed by atoms with van der Waals surface area (Å²) in [5, 5.41) is 9.07. The largest absolute Gasteiger partial charge is 0.492 e. The molecule has 20 heavy (non-hydrogen) atoms. The highest BCUT2D eigenvalue weighted by molar-refractivity contribution is 7.89. The standard InChI is InChI=1S/C12H19FN2O4S/c1-8(16)4-3-5-15-20(17,18)9-6-10(13)12(19-2)11(14)7-9/h6-8,15-16H,3-5,14H2,1-2H3. The molecule has 6 nitrogen and oxygen atoms in total. The van der Waals surface area contributed by atoms with Gasteiger partial charge in [-0.15, -0.1) is 0 Å². The van der Waals surface area contributed by atoms with Crippen LogP contribution in [-0.2, 0) is 10.0 Å². The third-order valence-electron chi connectivity index (χ3n) is 2.65. The van der Waals surface area contributed by atoms with E-state index in [1.807, 2.05) is 0 Å². The number of benzene rings is 1. The fourth-order valence-corrected chi connectivity index (χ4v) is 2.77. The Morgan fingerprint density at radius 1 is 1.50 bits per heavy atom. The van der Waals surface area contributed by atoms with Crippen molar-refractivity contribution in [3.63, 3.8) is 0 Å². The van der Waals surface area contributed by atoms with Gasteiger partial charge in [-0.1, -0.05) is 0 Å². The molecule has 0 bridgehead atoms. The predicted octanol–water partition coefficient (Wildman–Crippen LogP) is 0.856. The summed E-state index contributed by atoms with van der Waals surface area (Å²) in [7, 11) is -2.59. The van der Waals surface area contributed by atoms with Crippen LogP contribution in [0.3, 0.4) is 0 Å². The Balaban J connectivity index is 2.83. The maximum Gasteiger partial charge on any atom is 0.240 e. The first kappa shape index (κ1) is 16.7. The van der Waals surface area contributed by atoms with E-state index in [9.17, 15) is 12.8 Å². The van der Waals surface area contributed by atoms with Crippen LogP contribution in [0.5, 0.6) is 5.75 Å². The molecule has 0 radical (unpaired) electrons. The summed E-state index contributed by atoms with van der Waals surface area (Å²) in [6, 6.07) is 1.99. The minimum atomic E-state index is -3.84. The molecule has 0 fully saturated rings. The van der Waals surface area contributed by atoms with Crippen LogP contribution in [0.4, 0.5) is 10.1 Å². The number of aliphatic hydroxyl groups is 1. The number of anilines is 1. The number of halogens is 1. The molecule has 0 aromatic heterocycles. The number of aliphatic hydroxyl groups excluding tert-OH is 1. The van der Waals surface area contributed by atoms with Crippen LogP contribution in [-0.4, -0.2) is 33.3 Å². The first-order valence-electron chi connectivity index (χ1n) is 6.08. The first-order valence-corrected chi connectivity index (χ1v) is 7.57. The lowest BCUT2D eigenvalue weighted by molar-refractivity contribution is 0.182. The summed E-state index contributed by atoms with van der Waals surface area (Å²) in [5.74, 6) is -1.02. The molecule has 1 unspecified atom stereocenters. The highest BCUT2D eigenvalue weighted by Gasteiger charge is 2.18. The van der Waals surface area contributed by atoms with Crippen molar-refractivity contribution < 1.29 is 22.7 Å². The predicted molar refractivity (Wildman–Crippen MR) is 73.5 cm³/mol. The maximum absolute atomic E-state index is 13.6. The van der Waals surface area contributed by atoms with Crippen LogP contribution in [0.25, 0.3) is 0 Å². The Morgan fingerprint density at radius 2 is 2.15 bits per heavy atom. The lowest BCUT2D eigenvalue weighted by Gasteiger charge is -2.11. The molecule has 1 aromatic carbocycles. The molecule has 0 aliphatic heterocycles. The van der Waals surface area contributed by atoms with Gasteiger partial charge in [0.15, 0.2) is 11.6 Å². The number of methoxy groups -OCH3 is 1. The van der Waals surface area contributed by atoms with E-state index >= 15 is 0 Å². The summed E-state index contributed by atoms with van der Waals surface area (Å²) < 4.78 is 44.5. The van der Waals surface area contributed by atoms with Gasteiger partial charge in [-0.3, -0.25) is 0 Å². The smallest absolute Gasteiger partial charge is 0.240 e. The fraction of sp³-hybridized carbons (Fsp3) is 0.500. The third-order valence-corrected chi connectivity index (χ3v) is 4.09. The Morgan fingerprint density at radius 3 is 2.65 bits per heavy atom. The molecule has 114 valence electrons. The van der Waals surface area contributed by atoms with E-state index in [0.717, 1.165) is 12.1 Å². The number of nitrogen functional groups attached to an aromatic ring is 1. The number of nitrogens with two attached hydrogens (primary N) is 1. The summed E-state index contributed by atoms with van der Waals surface area (Å²) in [6.45, 7) is 1.77. The second-order valence-corrected chi connectivity index (χ2v) is 6.18. The summed E-state index contributed by atoms with van der Waals surface area (Å²) in [5.41, 5.74) is 5.45. The van der Waals surface area contributed by atoms with Gasteiger partial charge in [0.1, 0.15) is 0 Å². The monoisotopic (exact) mass is 306 g/mol. The summed E-state index contributed by atoms with van der Waals surface area (Å²) >= 11 is 0. The summed E-state index contributed by atoms with van der Waals surface area (Å²) in [4.78, 5) is -0.259. The van der Waals surface area contributed by atoms with E-state index in [4.69, 9.17) is 15.6 Å². The number of sulfonamides is 1. The molecule has 0 aliphatic rings. The van der Waals surface area contributed by atoms with Crippen molar-refractivity contribution in [2.24, 2.45) is 0 Å². The van der Waals surface area contributed by atoms with E-state index in [2.05, 4.69) is 4.72 Å². The number of hydrogen-bond acceptors (Lipinski definition) is 5. The van der Waals surface area contributed by atoms with E-state index in [0.29, 0.717) is 12.8 Å². The van der Waals surface area contributed by atoms with Crippen molar-refractivity contribution in [2.45, 2.75) is 30.8 Å². The second kappa shape index (κ2) is 6.87. The third kappa shape index (κ3) is 4.32. The Hall–Kier alpha value is -1.38. The first-order chi connectivity index (χ1) is 9.27. The molecule has 0 amide bonds. The molecule has 0 saturated heterocycles.